The fourth-order valence-electron chi connectivity index (χ4n) is 3.62. The molecule has 0 unspecified atom stereocenters. The van der Waals surface area contributed by atoms with Gasteiger partial charge in [0.1, 0.15) is 0 Å². The third kappa shape index (κ3) is 2.98. The second-order valence-electron chi connectivity index (χ2n) is 6.37. The number of hydrogen-bond acceptors (Lipinski definition) is 1. The van der Waals surface area contributed by atoms with Crippen molar-refractivity contribution in [2.75, 3.05) is 0 Å². The molecule has 0 bridgehead atoms. The van der Waals surface area contributed by atoms with Crippen molar-refractivity contribution in [3.05, 3.63) is 52.3 Å². The van der Waals surface area contributed by atoms with Crippen LogP contribution < -0.4 is 0 Å². The van der Waals surface area contributed by atoms with E-state index in [4.69, 9.17) is 11.6 Å². The predicted molar refractivity (Wildman–Crippen MR) is 91.2 cm³/mol. The molecule has 1 aliphatic rings. The zero-order chi connectivity index (χ0) is 15.7. The first-order valence-corrected chi connectivity index (χ1v) is 8.42. The lowest BCUT2D eigenvalue weighted by Crippen LogP contribution is -2.07. The van der Waals surface area contributed by atoms with Crippen LogP contribution in [0.4, 0.5) is 0 Å². The van der Waals surface area contributed by atoms with Gasteiger partial charge in [-0.25, -0.2) is 0 Å². The van der Waals surface area contributed by atoms with Crippen LogP contribution in [0.1, 0.15) is 53.8 Å². The second-order valence-corrected chi connectivity index (χ2v) is 6.81. The number of nitrogens with zero attached hydrogens (tertiary/aromatic N) is 1. The summed E-state index contributed by atoms with van der Waals surface area (Å²) in [7, 11) is 0. The van der Waals surface area contributed by atoms with Crippen LogP contribution in [0, 0.1) is 19.8 Å². The van der Waals surface area contributed by atoms with Gasteiger partial charge in [0, 0.05) is 34.1 Å². The third-order valence-electron chi connectivity index (χ3n) is 4.77. The van der Waals surface area contributed by atoms with Crippen LogP contribution in [0.3, 0.4) is 0 Å². The van der Waals surface area contributed by atoms with Crippen LogP contribution >= 0.6 is 11.6 Å². The molecule has 2 aromatic rings. The number of hydrogen-bond donors (Lipinski definition) is 0. The summed E-state index contributed by atoms with van der Waals surface area (Å²) in [4.78, 5) is 12.6. The predicted octanol–water partition coefficient (Wildman–Crippen LogP) is 5.51. The summed E-state index contributed by atoms with van der Waals surface area (Å²) in [6.45, 7) is 4.08. The van der Waals surface area contributed by atoms with E-state index in [1.807, 2.05) is 44.2 Å². The van der Waals surface area contributed by atoms with E-state index in [1.54, 1.807) is 0 Å². The molecule has 116 valence electrons. The average Bonchev–Trinajstić information content (AvgIpc) is 3.09. The number of aryl methyl sites for hydroxylation is 1. The second kappa shape index (κ2) is 6.29. The van der Waals surface area contributed by atoms with E-state index in [2.05, 4.69) is 4.57 Å². The summed E-state index contributed by atoms with van der Waals surface area (Å²) in [5, 5.41) is 0.726. The Morgan fingerprint density at radius 3 is 2.45 bits per heavy atom. The van der Waals surface area contributed by atoms with E-state index in [0.29, 0.717) is 18.1 Å². The first-order chi connectivity index (χ1) is 10.6. The van der Waals surface area contributed by atoms with Crippen molar-refractivity contribution in [3.63, 3.8) is 0 Å². The van der Waals surface area contributed by atoms with E-state index in [9.17, 15) is 4.79 Å². The molecule has 1 saturated carbocycles. The van der Waals surface area contributed by atoms with Crippen molar-refractivity contribution in [2.45, 2.75) is 46.0 Å². The fourth-order valence-corrected chi connectivity index (χ4v) is 3.75. The van der Waals surface area contributed by atoms with Crippen molar-refractivity contribution in [3.8, 4) is 5.69 Å². The topological polar surface area (TPSA) is 22.0 Å². The number of halogens is 1. The summed E-state index contributed by atoms with van der Waals surface area (Å²) in [6.07, 6.45) is 5.68. The van der Waals surface area contributed by atoms with Crippen LogP contribution in [0.5, 0.6) is 0 Å². The Balaban J connectivity index is 1.89. The molecule has 0 atom stereocenters. The normalized spacial score (nSPS) is 15.4. The largest absolute Gasteiger partial charge is 0.318 e. The quantitative estimate of drug-likeness (QED) is 0.682. The van der Waals surface area contributed by atoms with Crippen molar-refractivity contribution < 1.29 is 4.79 Å². The number of benzene rings is 1. The Labute approximate surface area is 137 Å². The molecule has 1 aliphatic carbocycles. The minimum absolute atomic E-state index is 0.292. The number of ketones is 1. The molecule has 0 spiro atoms. The van der Waals surface area contributed by atoms with Gasteiger partial charge < -0.3 is 4.57 Å². The molecule has 1 heterocycles. The molecule has 1 fully saturated rings. The Morgan fingerprint density at radius 1 is 1.18 bits per heavy atom. The summed E-state index contributed by atoms with van der Waals surface area (Å²) in [6, 6.07) is 9.79. The monoisotopic (exact) mass is 315 g/mol. The van der Waals surface area contributed by atoms with Gasteiger partial charge in [-0.1, -0.05) is 37.3 Å². The van der Waals surface area contributed by atoms with E-state index < -0.39 is 0 Å². The third-order valence-corrected chi connectivity index (χ3v) is 5.02. The highest BCUT2D eigenvalue weighted by atomic mass is 35.5. The van der Waals surface area contributed by atoms with E-state index in [1.165, 1.54) is 25.7 Å². The first kappa shape index (κ1) is 15.4. The Kier molecular flexibility index (Phi) is 4.39. The number of rotatable bonds is 4. The summed E-state index contributed by atoms with van der Waals surface area (Å²) < 4.78 is 2.14. The molecule has 1 aromatic heterocycles. The van der Waals surface area contributed by atoms with E-state index in [0.717, 1.165) is 27.7 Å². The first-order valence-electron chi connectivity index (χ1n) is 8.04. The highest BCUT2D eigenvalue weighted by Gasteiger charge is 2.22. The van der Waals surface area contributed by atoms with Crippen LogP contribution in [0.15, 0.2) is 30.3 Å². The minimum atomic E-state index is 0.292. The maximum atomic E-state index is 12.6. The molecule has 22 heavy (non-hydrogen) atoms. The molecule has 0 aliphatic heterocycles. The van der Waals surface area contributed by atoms with E-state index >= 15 is 0 Å². The minimum Gasteiger partial charge on any atom is -0.318 e. The van der Waals surface area contributed by atoms with Gasteiger partial charge in [-0.15, -0.1) is 0 Å². The molecule has 2 nitrogen and oxygen atoms in total. The maximum Gasteiger partial charge on any atom is 0.164 e. The van der Waals surface area contributed by atoms with Crippen molar-refractivity contribution in [1.82, 2.24) is 4.57 Å². The lowest BCUT2D eigenvalue weighted by atomic mass is 9.97. The van der Waals surface area contributed by atoms with Crippen molar-refractivity contribution in [2.24, 2.45) is 5.92 Å². The van der Waals surface area contributed by atoms with E-state index in [-0.39, 0.29) is 0 Å². The lowest BCUT2D eigenvalue weighted by Gasteiger charge is -2.11. The van der Waals surface area contributed by atoms with Gasteiger partial charge in [0.2, 0.25) is 0 Å². The summed E-state index contributed by atoms with van der Waals surface area (Å²) >= 11 is 5.97. The van der Waals surface area contributed by atoms with Crippen molar-refractivity contribution in [1.29, 1.82) is 0 Å². The molecular weight excluding hydrogens is 294 g/mol. The highest BCUT2D eigenvalue weighted by Crippen LogP contribution is 2.30. The Hall–Kier alpha value is -1.54. The van der Waals surface area contributed by atoms with Gasteiger partial charge in [-0.05, 0) is 50.1 Å². The Morgan fingerprint density at radius 2 is 1.82 bits per heavy atom. The summed E-state index contributed by atoms with van der Waals surface area (Å²) in [5.41, 5.74) is 4.05. The molecular formula is C19H22ClNO. The van der Waals surface area contributed by atoms with Crippen LogP contribution in [-0.2, 0) is 0 Å². The van der Waals surface area contributed by atoms with Gasteiger partial charge in [-0.3, -0.25) is 4.79 Å². The molecule has 0 radical (unpaired) electrons. The van der Waals surface area contributed by atoms with Gasteiger partial charge >= 0.3 is 0 Å². The maximum absolute atomic E-state index is 12.6. The van der Waals surface area contributed by atoms with Crippen LogP contribution in [0.2, 0.25) is 5.02 Å². The van der Waals surface area contributed by atoms with Gasteiger partial charge in [0.15, 0.2) is 5.78 Å². The molecule has 1 aromatic carbocycles. The zero-order valence-corrected chi connectivity index (χ0v) is 14.0. The molecule has 3 rings (SSSR count). The van der Waals surface area contributed by atoms with Gasteiger partial charge in [-0.2, -0.15) is 0 Å². The standard InChI is InChI=1S/C19H22ClNO/c1-13-11-18(19(22)12-15-5-3-4-6-15)14(2)21(13)17-9-7-16(20)8-10-17/h7-11,15H,3-6,12H2,1-2H3. The van der Waals surface area contributed by atoms with Crippen LogP contribution in [0.25, 0.3) is 5.69 Å². The number of carbonyl (C=O) groups excluding carboxylic acids is 1. The number of aromatic nitrogens is 1. The van der Waals surface area contributed by atoms with Crippen molar-refractivity contribution >= 4 is 17.4 Å². The zero-order valence-electron chi connectivity index (χ0n) is 13.2. The van der Waals surface area contributed by atoms with Crippen LogP contribution in [-0.4, -0.2) is 10.4 Å². The molecule has 0 N–H and O–H groups in total. The number of Topliss-reactive ketones (excluding diaryl/α,β-unsaturated/α-hetero) is 1. The highest BCUT2D eigenvalue weighted by molar-refractivity contribution is 6.30. The average molecular weight is 316 g/mol. The molecule has 3 heteroatoms. The van der Waals surface area contributed by atoms with Gasteiger partial charge in [0.25, 0.3) is 0 Å². The smallest absolute Gasteiger partial charge is 0.164 e. The summed E-state index contributed by atoms with van der Waals surface area (Å²) in [5.74, 6) is 0.881. The van der Waals surface area contributed by atoms with Gasteiger partial charge in [0.05, 0.1) is 0 Å². The fraction of sp³-hybridized carbons (Fsp3) is 0.421. The SMILES string of the molecule is Cc1cc(C(=O)CC2CCCC2)c(C)n1-c1ccc(Cl)cc1. The Bertz CT molecular complexity index is 678. The lowest BCUT2D eigenvalue weighted by molar-refractivity contribution is 0.0961. The number of carbonyl (C=O) groups is 1. The molecule has 0 saturated heterocycles. The molecule has 0 amide bonds.